The molecule has 0 amide bonds. The first-order valence-electron chi connectivity index (χ1n) is 9.83. The first-order chi connectivity index (χ1) is 14.6. The number of allylic oxidation sites excluding steroid dienone is 1. The number of carbonyl (C=O) groups excluding carboxylic acids is 1. The third-order valence-corrected chi connectivity index (χ3v) is 4.59. The molecule has 0 aliphatic rings. The molecule has 0 saturated carbocycles. The first kappa shape index (κ1) is 20.9. The first-order valence-corrected chi connectivity index (χ1v) is 9.83. The van der Waals surface area contributed by atoms with E-state index in [1.54, 1.807) is 36.4 Å². The van der Waals surface area contributed by atoms with Crippen LogP contribution in [0.1, 0.15) is 35.7 Å². The van der Waals surface area contributed by atoms with E-state index in [-0.39, 0.29) is 5.78 Å². The van der Waals surface area contributed by atoms with Crippen LogP contribution < -0.4 is 9.47 Å². The minimum absolute atomic E-state index is 0.120. The Morgan fingerprint density at radius 2 is 1.43 bits per heavy atom. The van der Waals surface area contributed by atoms with Gasteiger partial charge < -0.3 is 9.47 Å². The maximum absolute atomic E-state index is 11.7. The third-order valence-electron chi connectivity index (χ3n) is 4.59. The van der Waals surface area contributed by atoms with Crippen LogP contribution in [-0.2, 0) is 0 Å². The molecule has 0 radical (unpaired) electrons. The van der Waals surface area contributed by atoms with Gasteiger partial charge in [0.1, 0.15) is 11.5 Å². The monoisotopic (exact) mass is 397 g/mol. The zero-order valence-electron chi connectivity index (χ0n) is 16.9. The number of hydrogen-bond acceptors (Lipinski definition) is 4. The van der Waals surface area contributed by atoms with Gasteiger partial charge in [-0.3, -0.25) is 4.79 Å². The van der Waals surface area contributed by atoms with E-state index >= 15 is 0 Å². The van der Waals surface area contributed by atoms with Gasteiger partial charge in [0, 0.05) is 12.0 Å². The minimum Gasteiger partial charge on any atom is -0.455 e. The van der Waals surface area contributed by atoms with Crippen molar-refractivity contribution < 1.29 is 14.3 Å². The third kappa shape index (κ3) is 5.36. The number of nitriles is 1. The Kier molecular flexibility index (Phi) is 7.02. The van der Waals surface area contributed by atoms with E-state index in [9.17, 15) is 4.79 Å². The molecule has 0 aliphatic heterocycles. The lowest BCUT2D eigenvalue weighted by molar-refractivity contribution is -0.00103. The second-order valence-electron chi connectivity index (χ2n) is 6.76. The highest BCUT2D eigenvalue weighted by Crippen LogP contribution is 2.25. The molecule has 0 fully saturated rings. The van der Waals surface area contributed by atoms with Gasteiger partial charge in [-0.2, -0.15) is 5.26 Å². The van der Waals surface area contributed by atoms with Gasteiger partial charge in [0.2, 0.25) is 6.29 Å². The topological polar surface area (TPSA) is 59.3 Å². The summed E-state index contributed by atoms with van der Waals surface area (Å²) in [5, 5.41) is 8.92. The van der Waals surface area contributed by atoms with E-state index in [1.807, 2.05) is 36.4 Å². The van der Waals surface area contributed by atoms with Crippen molar-refractivity contribution in [1.29, 1.82) is 5.26 Å². The van der Waals surface area contributed by atoms with E-state index < -0.39 is 6.29 Å². The van der Waals surface area contributed by atoms with Crippen molar-refractivity contribution >= 4 is 5.78 Å². The molecule has 0 spiro atoms. The molecule has 0 aromatic heterocycles. The van der Waals surface area contributed by atoms with E-state index in [2.05, 4.69) is 19.6 Å². The number of ketones is 1. The molecule has 0 N–H and O–H groups in total. The Bertz CT molecular complexity index is 1030. The largest absolute Gasteiger partial charge is 0.455 e. The number of hydrogen-bond donors (Lipinski definition) is 0. The van der Waals surface area contributed by atoms with Crippen LogP contribution in [0, 0.1) is 11.3 Å². The van der Waals surface area contributed by atoms with E-state index in [0.29, 0.717) is 22.6 Å². The maximum Gasteiger partial charge on any atom is 0.241 e. The van der Waals surface area contributed by atoms with Crippen molar-refractivity contribution in [2.24, 2.45) is 0 Å². The molecular formula is C26H23NO3. The number of carbonyl (C=O) groups is 1. The fourth-order valence-corrected chi connectivity index (χ4v) is 2.96. The van der Waals surface area contributed by atoms with Crippen LogP contribution in [0.3, 0.4) is 0 Å². The molecule has 30 heavy (non-hydrogen) atoms. The molecule has 4 nitrogen and oxygen atoms in total. The SMILES string of the molecule is C=CC(=O)c1ccc(OC(CCC)Oc2ccc(-c3ccc(C#N)cc3)cc2)cc1. The van der Waals surface area contributed by atoms with Crippen molar-refractivity contribution in [2.75, 3.05) is 0 Å². The normalized spacial score (nSPS) is 11.2. The number of rotatable bonds is 9. The van der Waals surface area contributed by atoms with Gasteiger partial charge >= 0.3 is 0 Å². The lowest BCUT2D eigenvalue weighted by Crippen LogP contribution is -2.23. The van der Waals surface area contributed by atoms with Gasteiger partial charge in [-0.05, 0) is 72.2 Å². The van der Waals surface area contributed by atoms with E-state index in [4.69, 9.17) is 14.7 Å². The van der Waals surface area contributed by atoms with Gasteiger partial charge in [0.15, 0.2) is 5.78 Å². The van der Waals surface area contributed by atoms with Crippen LogP contribution in [0.25, 0.3) is 11.1 Å². The average Bonchev–Trinajstić information content (AvgIpc) is 2.80. The maximum atomic E-state index is 11.7. The fraction of sp³-hybridized carbons (Fsp3) is 0.154. The standard InChI is InChI=1S/C26H23NO3/c1-3-5-26(30-24-16-12-22(13-17-24)25(28)4-2)29-23-14-10-21(11-15-23)20-8-6-19(18-27)7-9-20/h4,6-17,26H,2-3,5H2,1H3. The van der Waals surface area contributed by atoms with Crippen molar-refractivity contribution in [3.8, 4) is 28.7 Å². The summed E-state index contributed by atoms with van der Waals surface area (Å²) in [5.41, 5.74) is 3.29. The molecule has 0 aliphatic carbocycles. The van der Waals surface area contributed by atoms with Gasteiger partial charge in [-0.25, -0.2) is 0 Å². The molecule has 0 bridgehead atoms. The lowest BCUT2D eigenvalue weighted by Gasteiger charge is -2.20. The summed E-state index contributed by atoms with van der Waals surface area (Å²) in [6, 6.07) is 24.3. The van der Waals surface area contributed by atoms with Crippen LogP contribution in [0.15, 0.2) is 85.5 Å². The van der Waals surface area contributed by atoms with Crippen LogP contribution in [0.5, 0.6) is 11.5 Å². The van der Waals surface area contributed by atoms with E-state index in [0.717, 1.165) is 24.0 Å². The van der Waals surface area contributed by atoms with Gasteiger partial charge in [0.05, 0.1) is 11.6 Å². The summed E-state index contributed by atoms with van der Waals surface area (Å²) in [6.07, 6.45) is 2.49. The summed E-state index contributed by atoms with van der Waals surface area (Å²) in [5.74, 6) is 1.23. The van der Waals surface area contributed by atoms with Crippen LogP contribution >= 0.6 is 0 Å². The highest BCUT2D eigenvalue weighted by Gasteiger charge is 2.12. The summed E-state index contributed by atoms with van der Waals surface area (Å²) in [7, 11) is 0. The van der Waals surface area contributed by atoms with Crippen LogP contribution in [0.2, 0.25) is 0 Å². The molecule has 3 aromatic carbocycles. The summed E-state index contributed by atoms with van der Waals surface area (Å²) >= 11 is 0. The molecule has 0 heterocycles. The van der Waals surface area contributed by atoms with Gasteiger partial charge in [0.25, 0.3) is 0 Å². The zero-order valence-corrected chi connectivity index (χ0v) is 16.9. The Morgan fingerprint density at radius 1 is 0.933 bits per heavy atom. The van der Waals surface area contributed by atoms with Crippen molar-refractivity contribution in [3.63, 3.8) is 0 Å². The molecule has 3 aromatic rings. The van der Waals surface area contributed by atoms with E-state index in [1.165, 1.54) is 6.08 Å². The van der Waals surface area contributed by atoms with Crippen LogP contribution in [-0.4, -0.2) is 12.1 Å². The number of ether oxygens (including phenoxy) is 2. The minimum atomic E-state index is -0.434. The lowest BCUT2D eigenvalue weighted by atomic mass is 10.0. The second kappa shape index (κ2) is 10.1. The zero-order chi connectivity index (χ0) is 21.3. The van der Waals surface area contributed by atoms with Crippen LogP contribution in [0.4, 0.5) is 0 Å². The van der Waals surface area contributed by atoms with Crippen molar-refractivity contribution in [3.05, 3.63) is 96.6 Å². The number of nitrogens with zero attached hydrogens (tertiary/aromatic N) is 1. The second-order valence-corrected chi connectivity index (χ2v) is 6.76. The number of benzene rings is 3. The molecule has 150 valence electrons. The highest BCUT2D eigenvalue weighted by atomic mass is 16.7. The average molecular weight is 397 g/mol. The Morgan fingerprint density at radius 3 is 1.90 bits per heavy atom. The van der Waals surface area contributed by atoms with Gasteiger partial charge in [-0.15, -0.1) is 0 Å². The molecule has 4 heteroatoms. The molecule has 1 unspecified atom stereocenters. The molecular weight excluding hydrogens is 374 g/mol. The Hall–Kier alpha value is -3.84. The summed E-state index contributed by atoms with van der Waals surface area (Å²) in [6.45, 7) is 5.57. The van der Waals surface area contributed by atoms with Gasteiger partial charge in [-0.1, -0.05) is 37.8 Å². The Balaban J connectivity index is 1.67. The predicted octanol–water partition coefficient (Wildman–Crippen LogP) is 6.18. The smallest absolute Gasteiger partial charge is 0.241 e. The van der Waals surface area contributed by atoms with Crippen molar-refractivity contribution in [1.82, 2.24) is 0 Å². The quantitative estimate of drug-likeness (QED) is 0.246. The summed E-state index contributed by atoms with van der Waals surface area (Å²) in [4.78, 5) is 11.7. The van der Waals surface area contributed by atoms with Crippen molar-refractivity contribution in [2.45, 2.75) is 26.1 Å². The predicted molar refractivity (Wildman–Crippen MR) is 118 cm³/mol. The molecule has 1 atom stereocenters. The Labute approximate surface area is 177 Å². The highest BCUT2D eigenvalue weighted by molar-refractivity contribution is 6.04. The molecule has 0 saturated heterocycles. The fourth-order valence-electron chi connectivity index (χ4n) is 2.96. The molecule has 3 rings (SSSR count). The summed E-state index contributed by atoms with van der Waals surface area (Å²) < 4.78 is 12.0.